The van der Waals surface area contributed by atoms with Crippen LogP contribution in [0.4, 0.5) is 0 Å². The van der Waals surface area contributed by atoms with Gasteiger partial charge in [0.25, 0.3) is 0 Å². The van der Waals surface area contributed by atoms with E-state index in [1.165, 1.54) is 63.1 Å². The standard InChI is InChI=1S/C32H20Se/c1-3-7-21(8-4-1)23-11-13-25-19-31-29(17-27(25)15-23)30-18-28-16-24(22-9-5-2-6-10-22)12-14-26(28)20-32(30)33-31/h1-20H. The zero-order chi connectivity index (χ0) is 21.8. The van der Waals surface area contributed by atoms with Crippen molar-refractivity contribution < 1.29 is 0 Å². The molecule has 1 heterocycles. The van der Waals surface area contributed by atoms with E-state index in [-0.39, 0.29) is 0 Å². The quantitative estimate of drug-likeness (QED) is 0.216. The maximum absolute atomic E-state index is 2.42. The molecule has 0 unspecified atom stereocenters. The Morgan fingerprint density at radius 2 is 0.788 bits per heavy atom. The third-order valence-electron chi connectivity index (χ3n) is 6.60. The van der Waals surface area contributed by atoms with E-state index < -0.39 is 0 Å². The first-order valence-corrected chi connectivity index (χ1v) is 13.0. The number of fused-ring (bicyclic) bond motifs is 5. The Morgan fingerprint density at radius 3 is 1.24 bits per heavy atom. The summed E-state index contributed by atoms with van der Waals surface area (Å²) in [6.07, 6.45) is 0. The van der Waals surface area contributed by atoms with E-state index in [0.29, 0.717) is 14.5 Å². The van der Waals surface area contributed by atoms with Crippen molar-refractivity contribution >= 4 is 55.3 Å². The van der Waals surface area contributed by atoms with Gasteiger partial charge in [-0.3, -0.25) is 0 Å². The number of benzene rings is 6. The molecule has 0 atom stereocenters. The SMILES string of the molecule is c1ccc(-c2ccc3cc4[se]c5cc6ccc(-c7ccccc7)cc6cc5c4cc3c2)cc1. The molecule has 0 saturated carbocycles. The fourth-order valence-corrected chi connectivity index (χ4v) is 7.33. The third kappa shape index (κ3) is 3.21. The summed E-state index contributed by atoms with van der Waals surface area (Å²) in [5.74, 6) is 0. The topological polar surface area (TPSA) is 0 Å². The average Bonchev–Trinajstić information content (AvgIpc) is 3.22. The van der Waals surface area contributed by atoms with Crippen molar-refractivity contribution in [3.05, 3.63) is 121 Å². The van der Waals surface area contributed by atoms with E-state index in [0.717, 1.165) is 0 Å². The van der Waals surface area contributed by atoms with Gasteiger partial charge in [-0.2, -0.15) is 0 Å². The van der Waals surface area contributed by atoms with Crippen molar-refractivity contribution in [3.8, 4) is 22.3 Å². The van der Waals surface area contributed by atoms with Gasteiger partial charge in [0.15, 0.2) is 0 Å². The first kappa shape index (κ1) is 18.9. The minimum atomic E-state index is 0.350. The molecule has 0 radical (unpaired) electrons. The third-order valence-corrected chi connectivity index (χ3v) is 8.94. The monoisotopic (exact) mass is 484 g/mol. The van der Waals surface area contributed by atoms with Crippen LogP contribution in [0.5, 0.6) is 0 Å². The van der Waals surface area contributed by atoms with Crippen molar-refractivity contribution in [1.82, 2.24) is 0 Å². The predicted molar refractivity (Wildman–Crippen MR) is 144 cm³/mol. The molecule has 0 nitrogen and oxygen atoms in total. The second-order valence-corrected chi connectivity index (χ2v) is 10.9. The molecule has 0 fully saturated rings. The zero-order valence-electron chi connectivity index (χ0n) is 18.0. The fourth-order valence-electron chi connectivity index (χ4n) is 4.88. The van der Waals surface area contributed by atoms with Gasteiger partial charge in [-0.15, -0.1) is 0 Å². The van der Waals surface area contributed by atoms with Gasteiger partial charge in [-0.05, 0) is 0 Å². The van der Waals surface area contributed by atoms with Gasteiger partial charge in [-0.1, -0.05) is 0 Å². The molecular formula is C32H20Se. The molecule has 0 aliphatic rings. The fraction of sp³-hybridized carbons (Fsp3) is 0. The van der Waals surface area contributed by atoms with Gasteiger partial charge in [0, 0.05) is 0 Å². The molecule has 7 aromatic rings. The Bertz CT molecular complexity index is 1660. The molecule has 1 heteroatoms. The second kappa shape index (κ2) is 7.46. The first-order valence-electron chi connectivity index (χ1n) is 11.3. The van der Waals surface area contributed by atoms with Gasteiger partial charge in [0.1, 0.15) is 0 Å². The second-order valence-electron chi connectivity index (χ2n) is 8.65. The Balaban J connectivity index is 1.44. The minimum absolute atomic E-state index is 0.350. The van der Waals surface area contributed by atoms with Crippen LogP contribution in [0.15, 0.2) is 121 Å². The summed E-state index contributed by atoms with van der Waals surface area (Å²) in [5, 5.41) is 8.12. The summed E-state index contributed by atoms with van der Waals surface area (Å²) >= 11 is 0.350. The number of hydrogen-bond acceptors (Lipinski definition) is 0. The van der Waals surface area contributed by atoms with Crippen LogP contribution in [0.2, 0.25) is 0 Å². The molecule has 0 aliphatic heterocycles. The van der Waals surface area contributed by atoms with E-state index in [2.05, 4.69) is 121 Å². The molecule has 33 heavy (non-hydrogen) atoms. The Hall–Kier alpha value is -3.64. The Labute approximate surface area is 198 Å². The average molecular weight is 483 g/mol. The van der Waals surface area contributed by atoms with Crippen molar-refractivity contribution in [1.29, 1.82) is 0 Å². The molecule has 7 rings (SSSR count). The summed E-state index contributed by atoms with van der Waals surface area (Å²) < 4.78 is 2.99. The van der Waals surface area contributed by atoms with Crippen LogP contribution in [-0.2, 0) is 0 Å². The van der Waals surface area contributed by atoms with Gasteiger partial charge in [-0.25, -0.2) is 0 Å². The van der Waals surface area contributed by atoms with Gasteiger partial charge < -0.3 is 0 Å². The molecule has 154 valence electrons. The summed E-state index contributed by atoms with van der Waals surface area (Å²) in [6, 6.07) is 44.7. The summed E-state index contributed by atoms with van der Waals surface area (Å²) in [6.45, 7) is 0. The molecule has 0 saturated heterocycles. The van der Waals surface area contributed by atoms with Crippen molar-refractivity contribution in [3.63, 3.8) is 0 Å². The van der Waals surface area contributed by atoms with Crippen LogP contribution < -0.4 is 0 Å². The van der Waals surface area contributed by atoms with Gasteiger partial charge >= 0.3 is 199 Å². The normalized spacial score (nSPS) is 11.6. The van der Waals surface area contributed by atoms with Crippen LogP contribution in [-0.4, -0.2) is 14.5 Å². The summed E-state index contributed by atoms with van der Waals surface area (Å²) in [7, 11) is 0. The Kier molecular flexibility index (Phi) is 4.27. The predicted octanol–water partition coefficient (Wildman–Crippen LogP) is 8.69. The molecule has 0 N–H and O–H groups in total. The van der Waals surface area contributed by atoms with E-state index in [4.69, 9.17) is 0 Å². The van der Waals surface area contributed by atoms with E-state index in [9.17, 15) is 0 Å². The number of rotatable bonds is 2. The Morgan fingerprint density at radius 1 is 0.333 bits per heavy atom. The summed E-state index contributed by atoms with van der Waals surface area (Å²) in [5.41, 5.74) is 5.09. The molecule has 0 aliphatic carbocycles. The van der Waals surface area contributed by atoms with Crippen molar-refractivity contribution in [2.45, 2.75) is 0 Å². The molecule has 1 aromatic heterocycles. The first-order chi connectivity index (χ1) is 16.3. The molecular weight excluding hydrogens is 463 g/mol. The van der Waals surface area contributed by atoms with Crippen LogP contribution in [0.3, 0.4) is 0 Å². The van der Waals surface area contributed by atoms with Crippen LogP contribution >= 0.6 is 0 Å². The van der Waals surface area contributed by atoms with E-state index >= 15 is 0 Å². The molecule has 0 amide bonds. The molecule has 0 spiro atoms. The number of hydrogen-bond donors (Lipinski definition) is 0. The zero-order valence-corrected chi connectivity index (χ0v) is 19.7. The van der Waals surface area contributed by atoms with Crippen molar-refractivity contribution in [2.75, 3.05) is 0 Å². The summed E-state index contributed by atoms with van der Waals surface area (Å²) in [4.78, 5) is 0. The maximum atomic E-state index is 2.42. The van der Waals surface area contributed by atoms with Crippen molar-refractivity contribution in [2.24, 2.45) is 0 Å². The van der Waals surface area contributed by atoms with E-state index in [1.54, 1.807) is 0 Å². The van der Waals surface area contributed by atoms with E-state index in [1.807, 2.05) is 0 Å². The van der Waals surface area contributed by atoms with Gasteiger partial charge in [0.05, 0.1) is 0 Å². The molecule has 6 aromatic carbocycles. The van der Waals surface area contributed by atoms with Crippen LogP contribution in [0, 0.1) is 0 Å². The van der Waals surface area contributed by atoms with Crippen LogP contribution in [0.25, 0.3) is 63.1 Å². The van der Waals surface area contributed by atoms with Crippen LogP contribution in [0.1, 0.15) is 0 Å². The molecule has 0 bridgehead atoms. The van der Waals surface area contributed by atoms with Gasteiger partial charge in [0.2, 0.25) is 0 Å².